The average Bonchev–Trinajstić information content (AvgIpc) is 3.68. The Balaban J connectivity index is 1.03. The van der Waals surface area contributed by atoms with Gasteiger partial charge in [-0.05, 0) is 131 Å². The number of fused-ring (bicyclic) bond motifs is 11. The van der Waals surface area contributed by atoms with E-state index in [9.17, 15) is 0 Å². The highest BCUT2D eigenvalue weighted by molar-refractivity contribution is 6.16. The van der Waals surface area contributed by atoms with E-state index in [0.717, 1.165) is 49.8 Å². The monoisotopic (exact) mass is 737 g/mol. The second kappa shape index (κ2) is 12.9. The van der Waals surface area contributed by atoms with Gasteiger partial charge in [-0.3, -0.25) is 0 Å². The molecule has 2 heteroatoms. The molecule has 0 amide bonds. The summed E-state index contributed by atoms with van der Waals surface area (Å²) in [5.74, 6) is 0. The fraction of sp³-hybridized carbons (Fsp3) is 0. The highest BCUT2D eigenvalue weighted by atomic mass is 16.3. The van der Waals surface area contributed by atoms with Gasteiger partial charge in [0.2, 0.25) is 0 Å². The zero-order chi connectivity index (χ0) is 38.2. The van der Waals surface area contributed by atoms with Crippen LogP contribution in [0.1, 0.15) is 0 Å². The van der Waals surface area contributed by atoms with E-state index in [2.05, 4.69) is 211 Å². The number of furan rings is 1. The lowest BCUT2D eigenvalue weighted by atomic mass is 9.93. The van der Waals surface area contributed by atoms with Gasteiger partial charge >= 0.3 is 0 Å². The van der Waals surface area contributed by atoms with Gasteiger partial charge in [0.05, 0.1) is 0 Å². The second-order valence-electron chi connectivity index (χ2n) is 15.3. The molecule has 270 valence electrons. The van der Waals surface area contributed by atoms with E-state index in [-0.39, 0.29) is 0 Å². The number of anilines is 3. The standard InChI is InChI=1S/C56H35NO/c1-3-14-46-37(10-1)20-21-42-32-39(26-30-48(42)46)36-22-27-43(28-23-36)57(45-29-24-38-25-31-52-51-18-7-8-19-55(51)58-56(52)54(38)35-45)44-13-9-12-40(33-44)53-34-41-11-2-4-15-47(41)49-16-5-6-17-50(49)53/h1-35H. The van der Waals surface area contributed by atoms with Crippen molar-refractivity contribution in [1.82, 2.24) is 0 Å². The van der Waals surface area contributed by atoms with Crippen LogP contribution in [0.25, 0.3) is 98.1 Å². The predicted molar refractivity (Wildman–Crippen MR) is 247 cm³/mol. The maximum Gasteiger partial charge on any atom is 0.143 e. The molecule has 0 aliphatic carbocycles. The van der Waals surface area contributed by atoms with Crippen molar-refractivity contribution in [3.8, 4) is 22.3 Å². The number of benzene rings is 11. The van der Waals surface area contributed by atoms with Crippen LogP contribution in [-0.4, -0.2) is 0 Å². The van der Waals surface area contributed by atoms with E-state index in [0.29, 0.717) is 0 Å². The van der Waals surface area contributed by atoms with Gasteiger partial charge < -0.3 is 9.32 Å². The van der Waals surface area contributed by atoms with Gasteiger partial charge in [-0.1, -0.05) is 152 Å². The van der Waals surface area contributed by atoms with E-state index >= 15 is 0 Å². The molecule has 2 nitrogen and oxygen atoms in total. The summed E-state index contributed by atoms with van der Waals surface area (Å²) in [7, 11) is 0. The summed E-state index contributed by atoms with van der Waals surface area (Å²) < 4.78 is 6.57. The molecule has 0 atom stereocenters. The molecule has 0 fully saturated rings. The first-order valence-electron chi connectivity index (χ1n) is 19.9. The summed E-state index contributed by atoms with van der Waals surface area (Å²) in [5, 5.41) is 14.6. The fourth-order valence-corrected chi connectivity index (χ4v) is 9.18. The number of nitrogens with zero attached hydrogens (tertiary/aromatic N) is 1. The van der Waals surface area contributed by atoms with Gasteiger partial charge in [0.25, 0.3) is 0 Å². The van der Waals surface area contributed by atoms with Crippen molar-refractivity contribution < 1.29 is 4.42 Å². The first-order valence-corrected chi connectivity index (χ1v) is 19.9. The van der Waals surface area contributed by atoms with Crippen LogP contribution in [0.4, 0.5) is 17.1 Å². The normalized spacial score (nSPS) is 11.8. The van der Waals surface area contributed by atoms with Crippen molar-refractivity contribution in [2.24, 2.45) is 0 Å². The molecule has 0 aliphatic rings. The molecule has 0 radical (unpaired) electrons. The molecular formula is C56H35NO. The summed E-state index contributed by atoms with van der Waals surface area (Å²) in [6.45, 7) is 0. The van der Waals surface area contributed by atoms with Gasteiger partial charge in [0.1, 0.15) is 11.2 Å². The zero-order valence-corrected chi connectivity index (χ0v) is 31.6. The second-order valence-corrected chi connectivity index (χ2v) is 15.3. The van der Waals surface area contributed by atoms with Crippen molar-refractivity contribution >= 4 is 92.9 Å². The molecule has 12 aromatic rings. The van der Waals surface area contributed by atoms with Crippen molar-refractivity contribution in [3.05, 3.63) is 212 Å². The van der Waals surface area contributed by atoms with Crippen LogP contribution < -0.4 is 4.90 Å². The predicted octanol–water partition coefficient (Wildman–Crippen LogP) is 16.2. The van der Waals surface area contributed by atoms with Crippen LogP contribution >= 0.6 is 0 Å². The van der Waals surface area contributed by atoms with Crippen LogP contribution in [0.3, 0.4) is 0 Å². The summed E-state index contributed by atoms with van der Waals surface area (Å²) in [4.78, 5) is 2.38. The smallest absolute Gasteiger partial charge is 0.143 e. The Kier molecular flexibility index (Phi) is 7.26. The third-order valence-electron chi connectivity index (χ3n) is 12.0. The van der Waals surface area contributed by atoms with Gasteiger partial charge in [-0.2, -0.15) is 0 Å². The molecule has 12 rings (SSSR count). The number of hydrogen-bond donors (Lipinski definition) is 0. The van der Waals surface area contributed by atoms with Crippen LogP contribution in [0.5, 0.6) is 0 Å². The Bertz CT molecular complexity index is 3580. The lowest BCUT2D eigenvalue weighted by molar-refractivity contribution is 0.672. The van der Waals surface area contributed by atoms with Crippen molar-refractivity contribution in [3.63, 3.8) is 0 Å². The molecule has 0 saturated heterocycles. The number of rotatable bonds is 5. The van der Waals surface area contributed by atoms with Gasteiger partial charge in [-0.15, -0.1) is 0 Å². The first kappa shape index (κ1) is 32.6. The van der Waals surface area contributed by atoms with Gasteiger partial charge in [0.15, 0.2) is 0 Å². The Labute approximate surface area is 335 Å². The van der Waals surface area contributed by atoms with E-state index < -0.39 is 0 Å². The lowest BCUT2D eigenvalue weighted by Gasteiger charge is -2.27. The molecule has 1 heterocycles. The molecule has 1 aromatic heterocycles. The van der Waals surface area contributed by atoms with E-state index in [1.165, 1.54) is 65.3 Å². The van der Waals surface area contributed by atoms with E-state index in [4.69, 9.17) is 4.42 Å². The Morgan fingerprint density at radius 1 is 0.276 bits per heavy atom. The highest BCUT2D eigenvalue weighted by Crippen LogP contribution is 2.43. The minimum atomic E-state index is 0.903. The maximum absolute atomic E-state index is 6.57. The topological polar surface area (TPSA) is 16.4 Å². The zero-order valence-electron chi connectivity index (χ0n) is 31.6. The number of hydrogen-bond acceptors (Lipinski definition) is 2. The van der Waals surface area contributed by atoms with Gasteiger partial charge in [0, 0.05) is 33.2 Å². The molecule has 0 bridgehead atoms. The summed E-state index contributed by atoms with van der Waals surface area (Å²) in [6.07, 6.45) is 0. The molecule has 0 saturated carbocycles. The minimum Gasteiger partial charge on any atom is -0.455 e. The van der Waals surface area contributed by atoms with Crippen LogP contribution in [0.2, 0.25) is 0 Å². The quantitative estimate of drug-likeness (QED) is 0.164. The van der Waals surface area contributed by atoms with E-state index in [1.54, 1.807) is 0 Å². The van der Waals surface area contributed by atoms with Crippen molar-refractivity contribution in [2.75, 3.05) is 4.90 Å². The summed E-state index contributed by atoms with van der Waals surface area (Å²) in [5.41, 5.74) is 9.80. The first-order chi connectivity index (χ1) is 28.7. The SMILES string of the molecule is c1cc(-c2cc3ccccc3c3ccccc23)cc(N(c2ccc(-c3ccc4c(ccc5ccccc54)c3)cc2)c2ccc3ccc4c5ccccc5oc4c3c2)c1. The summed E-state index contributed by atoms with van der Waals surface area (Å²) in [6, 6.07) is 77.2. The van der Waals surface area contributed by atoms with E-state index in [1.807, 2.05) is 6.07 Å². The molecule has 11 aromatic carbocycles. The third-order valence-corrected chi connectivity index (χ3v) is 12.0. The highest BCUT2D eigenvalue weighted by Gasteiger charge is 2.18. The Hall–Kier alpha value is -7.68. The Morgan fingerprint density at radius 2 is 0.845 bits per heavy atom. The lowest BCUT2D eigenvalue weighted by Crippen LogP contribution is -2.10. The fourth-order valence-electron chi connectivity index (χ4n) is 9.18. The molecular weight excluding hydrogens is 703 g/mol. The molecule has 0 N–H and O–H groups in total. The third kappa shape index (κ3) is 5.19. The Morgan fingerprint density at radius 3 is 1.71 bits per heavy atom. The van der Waals surface area contributed by atoms with Crippen LogP contribution in [0.15, 0.2) is 217 Å². The summed E-state index contributed by atoms with van der Waals surface area (Å²) >= 11 is 0. The van der Waals surface area contributed by atoms with Crippen molar-refractivity contribution in [1.29, 1.82) is 0 Å². The molecule has 0 unspecified atom stereocenters. The largest absolute Gasteiger partial charge is 0.455 e. The average molecular weight is 738 g/mol. The molecule has 0 aliphatic heterocycles. The number of para-hydroxylation sites is 1. The van der Waals surface area contributed by atoms with Crippen molar-refractivity contribution in [2.45, 2.75) is 0 Å². The minimum absolute atomic E-state index is 0.903. The van der Waals surface area contributed by atoms with Crippen LogP contribution in [0, 0.1) is 0 Å². The van der Waals surface area contributed by atoms with Crippen LogP contribution in [-0.2, 0) is 0 Å². The molecule has 58 heavy (non-hydrogen) atoms. The maximum atomic E-state index is 6.57. The molecule has 0 spiro atoms. The van der Waals surface area contributed by atoms with Gasteiger partial charge in [-0.25, -0.2) is 0 Å².